The molecule has 1 saturated carbocycles. The molecule has 1 atom stereocenters. The fourth-order valence-corrected chi connectivity index (χ4v) is 2.36. The summed E-state index contributed by atoms with van der Waals surface area (Å²) in [5.41, 5.74) is 9.51. The van der Waals surface area contributed by atoms with E-state index in [2.05, 4.69) is 12.1 Å². The summed E-state index contributed by atoms with van der Waals surface area (Å²) >= 11 is 0. The van der Waals surface area contributed by atoms with E-state index in [1.165, 1.54) is 30.4 Å². The molecule has 94 valence electrons. The Bertz CT molecular complexity index is 371. The highest BCUT2D eigenvalue weighted by Crippen LogP contribution is 2.37. The quantitative estimate of drug-likeness (QED) is 0.767. The van der Waals surface area contributed by atoms with Crippen molar-refractivity contribution in [1.82, 2.24) is 0 Å². The lowest BCUT2D eigenvalue weighted by Crippen LogP contribution is -2.11. The highest BCUT2D eigenvalue weighted by atomic mass is 16.3. The molecule has 1 fully saturated rings. The number of benzene rings is 1. The van der Waals surface area contributed by atoms with Crippen molar-refractivity contribution in [3.63, 3.8) is 0 Å². The molecular formula is C15H23NO. The van der Waals surface area contributed by atoms with Crippen molar-refractivity contribution in [2.45, 2.75) is 57.5 Å². The fraction of sp³-hybridized carbons (Fsp3) is 0.600. The predicted molar refractivity (Wildman–Crippen MR) is 72.1 cm³/mol. The number of nitrogen functional groups attached to an aromatic ring is 1. The van der Waals surface area contributed by atoms with Gasteiger partial charge in [-0.25, -0.2) is 0 Å². The highest BCUT2D eigenvalue weighted by Gasteiger charge is 2.20. The molecule has 1 aromatic carbocycles. The minimum Gasteiger partial charge on any atom is -0.399 e. The molecule has 2 nitrogen and oxygen atoms in total. The van der Waals surface area contributed by atoms with E-state index in [0.29, 0.717) is 0 Å². The van der Waals surface area contributed by atoms with Gasteiger partial charge in [-0.1, -0.05) is 25.5 Å². The molecule has 3 N–H and O–H groups in total. The minimum atomic E-state index is -0.193. The molecule has 1 unspecified atom stereocenters. The number of aliphatic hydroxyl groups is 1. The van der Waals surface area contributed by atoms with Gasteiger partial charge in [-0.15, -0.1) is 0 Å². The molecular weight excluding hydrogens is 210 g/mol. The van der Waals surface area contributed by atoms with E-state index in [1.54, 1.807) is 0 Å². The predicted octanol–water partition coefficient (Wildman–Crippen LogP) is 3.24. The Kier molecular flexibility index (Phi) is 4.06. The van der Waals surface area contributed by atoms with Gasteiger partial charge < -0.3 is 10.8 Å². The van der Waals surface area contributed by atoms with Gasteiger partial charge in [0, 0.05) is 5.69 Å². The summed E-state index contributed by atoms with van der Waals surface area (Å²) in [5, 5.41) is 9.61. The average Bonchev–Trinajstić information content (AvgIpc) is 2.27. The fourth-order valence-electron chi connectivity index (χ4n) is 2.36. The van der Waals surface area contributed by atoms with E-state index in [4.69, 9.17) is 5.73 Å². The second-order valence-corrected chi connectivity index (χ2v) is 5.19. The van der Waals surface area contributed by atoms with Gasteiger partial charge in [0.1, 0.15) is 0 Å². The number of hydrogen-bond acceptors (Lipinski definition) is 2. The van der Waals surface area contributed by atoms with Gasteiger partial charge in [-0.05, 0) is 55.2 Å². The Labute approximate surface area is 104 Å². The van der Waals surface area contributed by atoms with Gasteiger partial charge in [0.05, 0.1) is 6.10 Å². The molecule has 1 aromatic rings. The summed E-state index contributed by atoms with van der Waals surface area (Å²) in [6, 6.07) is 6.45. The third-order valence-corrected chi connectivity index (χ3v) is 3.96. The monoisotopic (exact) mass is 233 g/mol. The van der Waals surface area contributed by atoms with E-state index >= 15 is 0 Å². The lowest BCUT2D eigenvalue weighted by molar-refractivity contribution is 0.160. The molecule has 2 heteroatoms. The lowest BCUT2D eigenvalue weighted by Gasteiger charge is -2.26. The second kappa shape index (κ2) is 5.54. The normalized spacial score (nSPS) is 17.8. The van der Waals surface area contributed by atoms with Gasteiger partial charge in [0.2, 0.25) is 0 Å². The first-order valence-electron chi connectivity index (χ1n) is 6.77. The first-order valence-corrected chi connectivity index (χ1v) is 6.77. The molecule has 0 radical (unpaired) electrons. The lowest BCUT2D eigenvalue weighted by atomic mass is 9.79. The number of nitrogens with two attached hydrogens (primary N) is 1. The number of aryl methyl sites for hydroxylation is 1. The van der Waals surface area contributed by atoms with Crippen LogP contribution in [-0.4, -0.2) is 11.2 Å². The molecule has 0 spiro atoms. The maximum absolute atomic E-state index is 9.61. The first kappa shape index (κ1) is 12.4. The molecule has 0 aliphatic heterocycles. The van der Waals surface area contributed by atoms with Crippen LogP contribution in [0.15, 0.2) is 18.2 Å². The van der Waals surface area contributed by atoms with E-state index in [0.717, 1.165) is 30.9 Å². The van der Waals surface area contributed by atoms with Crippen molar-refractivity contribution in [1.29, 1.82) is 0 Å². The summed E-state index contributed by atoms with van der Waals surface area (Å²) in [6.07, 6.45) is 6.33. The Hall–Kier alpha value is -1.02. The van der Waals surface area contributed by atoms with Crippen molar-refractivity contribution in [3.8, 4) is 0 Å². The zero-order valence-corrected chi connectivity index (χ0v) is 10.7. The maximum atomic E-state index is 9.61. The van der Waals surface area contributed by atoms with Crippen molar-refractivity contribution >= 4 is 5.69 Å². The Balaban J connectivity index is 2.03. The molecule has 0 bridgehead atoms. The Morgan fingerprint density at radius 3 is 2.76 bits per heavy atom. The third kappa shape index (κ3) is 3.01. The first-order chi connectivity index (χ1) is 8.20. The van der Waals surface area contributed by atoms with Crippen LogP contribution >= 0.6 is 0 Å². The van der Waals surface area contributed by atoms with Crippen LogP contribution in [0.1, 0.15) is 56.1 Å². The summed E-state index contributed by atoms with van der Waals surface area (Å²) in [4.78, 5) is 0. The van der Waals surface area contributed by atoms with Crippen LogP contribution < -0.4 is 5.73 Å². The SMILES string of the molecule is CCC(O)CCc1cc(C2CCC2)ccc1N. The van der Waals surface area contributed by atoms with Crippen molar-refractivity contribution in [2.75, 3.05) is 5.73 Å². The van der Waals surface area contributed by atoms with Crippen molar-refractivity contribution < 1.29 is 5.11 Å². The molecule has 0 aromatic heterocycles. The summed E-state index contributed by atoms with van der Waals surface area (Å²) in [6.45, 7) is 2.01. The molecule has 1 aliphatic carbocycles. The number of aliphatic hydroxyl groups excluding tert-OH is 1. The topological polar surface area (TPSA) is 46.2 Å². The van der Waals surface area contributed by atoms with Crippen LogP contribution in [-0.2, 0) is 6.42 Å². The Morgan fingerprint density at radius 2 is 2.18 bits per heavy atom. The van der Waals surface area contributed by atoms with Crippen LogP contribution in [0.3, 0.4) is 0 Å². The summed E-state index contributed by atoms with van der Waals surface area (Å²) in [5.74, 6) is 0.755. The largest absolute Gasteiger partial charge is 0.399 e. The van der Waals surface area contributed by atoms with E-state index in [-0.39, 0.29) is 6.10 Å². The van der Waals surface area contributed by atoms with Crippen LogP contribution in [0.4, 0.5) is 5.69 Å². The average molecular weight is 233 g/mol. The highest BCUT2D eigenvalue weighted by molar-refractivity contribution is 5.49. The van der Waals surface area contributed by atoms with Crippen LogP contribution in [0, 0.1) is 0 Å². The second-order valence-electron chi connectivity index (χ2n) is 5.19. The molecule has 1 aliphatic rings. The van der Waals surface area contributed by atoms with E-state index < -0.39 is 0 Å². The van der Waals surface area contributed by atoms with E-state index in [1.807, 2.05) is 13.0 Å². The minimum absolute atomic E-state index is 0.193. The number of anilines is 1. The van der Waals surface area contributed by atoms with Gasteiger partial charge in [-0.3, -0.25) is 0 Å². The van der Waals surface area contributed by atoms with Crippen molar-refractivity contribution in [2.24, 2.45) is 0 Å². The number of hydrogen-bond donors (Lipinski definition) is 2. The van der Waals surface area contributed by atoms with Crippen LogP contribution in [0.5, 0.6) is 0 Å². The maximum Gasteiger partial charge on any atom is 0.0540 e. The van der Waals surface area contributed by atoms with Crippen LogP contribution in [0.2, 0.25) is 0 Å². The Morgan fingerprint density at radius 1 is 1.41 bits per heavy atom. The molecule has 0 heterocycles. The number of rotatable bonds is 5. The summed E-state index contributed by atoms with van der Waals surface area (Å²) in [7, 11) is 0. The van der Waals surface area contributed by atoms with Gasteiger partial charge in [0.15, 0.2) is 0 Å². The van der Waals surface area contributed by atoms with Gasteiger partial charge >= 0.3 is 0 Å². The zero-order valence-electron chi connectivity index (χ0n) is 10.7. The van der Waals surface area contributed by atoms with Gasteiger partial charge in [0.25, 0.3) is 0 Å². The van der Waals surface area contributed by atoms with Crippen LogP contribution in [0.25, 0.3) is 0 Å². The molecule has 0 amide bonds. The van der Waals surface area contributed by atoms with Crippen molar-refractivity contribution in [3.05, 3.63) is 29.3 Å². The van der Waals surface area contributed by atoms with E-state index in [9.17, 15) is 5.11 Å². The molecule has 2 rings (SSSR count). The standard InChI is InChI=1S/C15H23NO/c1-2-14(17)8-6-13-10-12(7-9-15(13)16)11-4-3-5-11/h7,9-11,14,17H,2-6,8,16H2,1H3. The summed E-state index contributed by atoms with van der Waals surface area (Å²) < 4.78 is 0. The van der Waals surface area contributed by atoms with Gasteiger partial charge in [-0.2, -0.15) is 0 Å². The smallest absolute Gasteiger partial charge is 0.0540 e. The molecule has 17 heavy (non-hydrogen) atoms. The zero-order chi connectivity index (χ0) is 12.3. The third-order valence-electron chi connectivity index (χ3n) is 3.96. The molecule has 0 saturated heterocycles.